The highest BCUT2D eigenvalue weighted by atomic mass is 32.2. The maximum atomic E-state index is 12.1. The molecule has 1 fully saturated rings. The zero-order valence-electron chi connectivity index (χ0n) is 12.5. The van der Waals surface area contributed by atoms with Gasteiger partial charge in [0.2, 0.25) is 10.0 Å². The van der Waals surface area contributed by atoms with Crippen molar-refractivity contribution in [2.45, 2.75) is 23.8 Å². The van der Waals surface area contributed by atoms with Crippen LogP contribution in [-0.4, -0.2) is 42.7 Å². The summed E-state index contributed by atoms with van der Waals surface area (Å²) in [6, 6.07) is 4.66. The van der Waals surface area contributed by atoms with E-state index in [1.54, 1.807) is 18.4 Å². The Balaban J connectivity index is 1.56. The van der Waals surface area contributed by atoms with Gasteiger partial charge >= 0.3 is 0 Å². The monoisotopic (exact) mass is 340 g/mol. The lowest BCUT2D eigenvalue weighted by molar-refractivity contribution is 0.265. The summed E-state index contributed by atoms with van der Waals surface area (Å²) in [5.74, 6) is 0. The average Bonchev–Trinajstić information content (AvgIpc) is 3.17. The third-order valence-corrected chi connectivity index (χ3v) is 6.31. The maximum absolute atomic E-state index is 12.1. The molecule has 0 bridgehead atoms. The minimum absolute atomic E-state index is 0.214. The van der Waals surface area contributed by atoms with Crippen LogP contribution in [0.3, 0.4) is 0 Å². The Kier molecular flexibility index (Phi) is 4.62. The van der Waals surface area contributed by atoms with Crippen LogP contribution in [0.15, 0.2) is 34.8 Å². The number of aryl methyl sites for hydroxylation is 1. The van der Waals surface area contributed by atoms with Crippen molar-refractivity contribution in [3.8, 4) is 0 Å². The number of nitrogens with zero attached hydrogens (tertiary/aromatic N) is 3. The fourth-order valence-electron chi connectivity index (χ4n) is 2.84. The lowest BCUT2D eigenvalue weighted by atomic mass is 10.2. The summed E-state index contributed by atoms with van der Waals surface area (Å²) in [7, 11) is -1.76. The van der Waals surface area contributed by atoms with Crippen LogP contribution in [0.5, 0.6) is 0 Å². The second kappa shape index (κ2) is 6.49. The van der Waals surface area contributed by atoms with E-state index in [0.717, 1.165) is 25.9 Å². The first-order chi connectivity index (χ1) is 10.6. The Hall–Kier alpha value is -1.22. The van der Waals surface area contributed by atoms with Gasteiger partial charge in [0.25, 0.3) is 0 Å². The van der Waals surface area contributed by atoms with Crippen LogP contribution < -0.4 is 4.72 Å². The van der Waals surface area contributed by atoms with Crippen LogP contribution in [0.25, 0.3) is 0 Å². The number of sulfonamides is 1. The predicted molar refractivity (Wildman–Crippen MR) is 86.3 cm³/mol. The number of nitrogens with one attached hydrogen (secondary N) is 1. The van der Waals surface area contributed by atoms with Gasteiger partial charge in [0.1, 0.15) is 4.90 Å². The zero-order valence-corrected chi connectivity index (χ0v) is 14.1. The summed E-state index contributed by atoms with van der Waals surface area (Å²) in [5.41, 5.74) is 0. The quantitative estimate of drug-likeness (QED) is 0.867. The lowest BCUT2D eigenvalue weighted by Crippen LogP contribution is -2.34. The number of aromatic nitrogens is 2. The molecule has 2 aromatic heterocycles. The number of thiophene rings is 1. The number of rotatable bonds is 6. The van der Waals surface area contributed by atoms with Crippen molar-refractivity contribution in [2.75, 3.05) is 19.6 Å². The van der Waals surface area contributed by atoms with Gasteiger partial charge in [0.05, 0.1) is 6.20 Å². The standard InChI is InChI=1S/C14H20N4O2S2/c1-17-11-12(10-15-17)22(19,20)16-6-8-18-7-2-4-13(18)14-5-3-9-21-14/h3,5,9-11,13,16H,2,4,6-8H2,1H3/t13-/m0/s1. The van der Waals surface area contributed by atoms with Crippen LogP contribution in [0, 0.1) is 0 Å². The Labute approximate surface area is 134 Å². The molecule has 1 aliphatic heterocycles. The molecule has 0 unspecified atom stereocenters. The summed E-state index contributed by atoms with van der Waals surface area (Å²) in [5, 5.41) is 6.00. The van der Waals surface area contributed by atoms with E-state index in [4.69, 9.17) is 0 Å². The van der Waals surface area contributed by atoms with Crippen molar-refractivity contribution in [1.29, 1.82) is 0 Å². The van der Waals surface area contributed by atoms with Gasteiger partial charge in [-0.1, -0.05) is 6.07 Å². The van der Waals surface area contributed by atoms with E-state index in [0.29, 0.717) is 12.6 Å². The second-order valence-electron chi connectivity index (χ2n) is 5.46. The molecule has 0 radical (unpaired) electrons. The third kappa shape index (κ3) is 3.40. The molecule has 22 heavy (non-hydrogen) atoms. The van der Waals surface area contributed by atoms with E-state index in [2.05, 4.69) is 32.2 Å². The molecule has 3 rings (SSSR count). The number of hydrogen-bond donors (Lipinski definition) is 1. The average molecular weight is 340 g/mol. The molecule has 1 aliphatic rings. The summed E-state index contributed by atoms with van der Waals surface area (Å²) in [6.45, 7) is 2.17. The highest BCUT2D eigenvalue weighted by molar-refractivity contribution is 7.89. The Bertz CT molecular complexity index is 709. The highest BCUT2D eigenvalue weighted by Gasteiger charge is 2.26. The summed E-state index contributed by atoms with van der Waals surface area (Å²) in [4.78, 5) is 3.94. The van der Waals surface area contributed by atoms with Gasteiger partial charge in [-0.15, -0.1) is 11.3 Å². The van der Waals surface area contributed by atoms with Gasteiger partial charge in [0.15, 0.2) is 0 Å². The molecule has 0 spiro atoms. The smallest absolute Gasteiger partial charge is 0.243 e. The molecule has 0 amide bonds. The van der Waals surface area contributed by atoms with Crippen LogP contribution in [-0.2, 0) is 17.1 Å². The van der Waals surface area contributed by atoms with Crippen molar-refractivity contribution >= 4 is 21.4 Å². The molecule has 3 heterocycles. The molecular formula is C14H20N4O2S2. The van der Waals surface area contributed by atoms with E-state index in [1.165, 1.54) is 22.0 Å². The largest absolute Gasteiger partial charge is 0.294 e. The summed E-state index contributed by atoms with van der Waals surface area (Å²) >= 11 is 1.77. The van der Waals surface area contributed by atoms with Crippen molar-refractivity contribution in [3.63, 3.8) is 0 Å². The van der Waals surface area contributed by atoms with Gasteiger partial charge in [-0.2, -0.15) is 5.10 Å². The van der Waals surface area contributed by atoms with Crippen LogP contribution in [0.1, 0.15) is 23.8 Å². The molecule has 6 nitrogen and oxygen atoms in total. The molecule has 1 atom stereocenters. The lowest BCUT2D eigenvalue weighted by Gasteiger charge is -2.23. The van der Waals surface area contributed by atoms with Crippen LogP contribution in [0.2, 0.25) is 0 Å². The molecule has 0 aromatic carbocycles. The molecular weight excluding hydrogens is 320 g/mol. The van der Waals surface area contributed by atoms with E-state index >= 15 is 0 Å². The topological polar surface area (TPSA) is 67.2 Å². The fraction of sp³-hybridized carbons (Fsp3) is 0.500. The molecule has 0 aliphatic carbocycles. The predicted octanol–water partition coefficient (Wildman–Crippen LogP) is 1.60. The van der Waals surface area contributed by atoms with Gasteiger partial charge in [-0.25, -0.2) is 13.1 Å². The number of likely N-dealkylation sites (tertiary alicyclic amines) is 1. The van der Waals surface area contributed by atoms with Crippen molar-refractivity contribution in [3.05, 3.63) is 34.8 Å². The minimum atomic E-state index is -3.46. The molecule has 1 N–H and O–H groups in total. The second-order valence-corrected chi connectivity index (χ2v) is 8.20. The Morgan fingerprint density at radius 3 is 3.05 bits per heavy atom. The van der Waals surface area contributed by atoms with E-state index in [1.807, 2.05) is 0 Å². The fourth-order valence-corrected chi connectivity index (χ4v) is 4.74. The van der Waals surface area contributed by atoms with Gasteiger partial charge < -0.3 is 0 Å². The normalized spacial score (nSPS) is 19.8. The van der Waals surface area contributed by atoms with Gasteiger partial charge in [-0.05, 0) is 30.8 Å². The maximum Gasteiger partial charge on any atom is 0.243 e. The first-order valence-corrected chi connectivity index (χ1v) is 9.68. The van der Waals surface area contributed by atoms with Crippen LogP contribution in [0.4, 0.5) is 0 Å². The SMILES string of the molecule is Cn1cc(S(=O)(=O)NCCN2CCC[C@H]2c2cccs2)cn1. The summed E-state index contributed by atoms with van der Waals surface area (Å²) in [6.07, 6.45) is 5.19. The molecule has 8 heteroatoms. The molecule has 1 saturated heterocycles. The van der Waals surface area contributed by atoms with Gasteiger partial charge in [-0.3, -0.25) is 9.58 Å². The first kappa shape index (κ1) is 15.7. The van der Waals surface area contributed by atoms with E-state index in [9.17, 15) is 8.42 Å². The van der Waals surface area contributed by atoms with Crippen molar-refractivity contribution in [1.82, 2.24) is 19.4 Å². The van der Waals surface area contributed by atoms with Gasteiger partial charge in [0, 0.05) is 37.3 Å². The molecule has 120 valence electrons. The zero-order chi connectivity index (χ0) is 15.6. The van der Waals surface area contributed by atoms with Crippen molar-refractivity contribution in [2.24, 2.45) is 7.05 Å². The molecule has 0 saturated carbocycles. The highest BCUT2D eigenvalue weighted by Crippen LogP contribution is 2.33. The Morgan fingerprint density at radius 2 is 2.36 bits per heavy atom. The molecule has 2 aromatic rings. The minimum Gasteiger partial charge on any atom is -0.294 e. The van der Waals surface area contributed by atoms with E-state index < -0.39 is 10.0 Å². The number of hydrogen-bond acceptors (Lipinski definition) is 5. The van der Waals surface area contributed by atoms with Crippen molar-refractivity contribution < 1.29 is 8.42 Å². The summed E-state index contributed by atoms with van der Waals surface area (Å²) < 4.78 is 28.4. The third-order valence-electron chi connectivity index (χ3n) is 3.92. The van der Waals surface area contributed by atoms with Crippen LogP contribution >= 0.6 is 11.3 Å². The first-order valence-electron chi connectivity index (χ1n) is 7.32. The Morgan fingerprint density at radius 1 is 1.50 bits per heavy atom. The van der Waals surface area contributed by atoms with E-state index in [-0.39, 0.29) is 4.90 Å².